The van der Waals surface area contributed by atoms with Gasteiger partial charge < -0.3 is 5.73 Å². The Morgan fingerprint density at radius 2 is 2.11 bits per heavy atom. The Morgan fingerprint density at radius 1 is 1.32 bits per heavy atom. The quantitative estimate of drug-likeness (QED) is 0.838. The molecule has 1 aromatic carbocycles. The highest BCUT2D eigenvalue weighted by atomic mass is 15.5. The molecule has 0 aliphatic rings. The van der Waals surface area contributed by atoms with Crippen molar-refractivity contribution < 1.29 is 0 Å². The lowest BCUT2D eigenvalue weighted by atomic mass is 10.1. The zero-order chi connectivity index (χ0) is 13.8. The molecule has 0 saturated carbocycles. The van der Waals surface area contributed by atoms with Crippen molar-refractivity contribution in [3.63, 3.8) is 0 Å². The van der Waals surface area contributed by atoms with Gasteiger partial charge in [-0.15, -0.1) is 5.10 Å². The number of aryl methyl sites for hydroxylation is 2. The molecule has 0 bridgehead atoms. The van der Waals surface area contributed by atoms with Crippen molar-refractivity contribution in [2.45, 2.75) is 40.2 Å². The van der Waals surface area contributed by atoms with Crippen LogP contribution in [0.2, 0.25) is 0 Å². The highest BCUT2D eigenvalue weighted by Crippen LogP contribution is 2.26. The third-order valence-electron chi connectivity index (χ3n) is 3.25. The second-order valence-corrected chi connectivity index (χ2v) is 5.30. The van der Waals surface area contributed by atoms with Crippen LogP contribution >= 0.6 is 0 Å². The van der Waals surface area contributed by atoms with Gasteiger partial charge in [0.15, 0.2) is 5.82 Å². The monoisotopic (exact) mass is 259 g/mol. The first-order chi connectivity index (χ1) is 9.09. The number of nitrogens with two attached hydrogens (primary N) is 1. The summed E-state index contributed by atoms with van der Waals surface area (Å²) < 4.78 is 1.84. The number of benzene rings is 1. The van der Waals surface area contributed by atoms with Gasteiger partial charge in [0.2, 0.25) is 0 Å². The van der Waals surface area contributed by atoms with Gasteiger partial charge in [-0.2, -0.15) is 0 Å². The van der Waals surface area contributed by atoms with Crippen LogP contribution in [-0.4, -0.2) is 20.2 Å². The largest absolute Gasteiger partial charge is 0.398 e. The minimum absolute atomic E-state index is 0.698. The molecule has 19 heavy (non-hydrogen) atoms. The zero-order valence-corrected chi connectivity index (χ0v) is 11.8. The Morgan fingerprint density at radius 3 is 2.84 bits per heavy atom. The Kier molecular flexibility index (Phi) is 4.14. The van der Waals surface area contributed by atoms with Gasteiger partial charge in [0.25, 0.3) is 0 Å². The van der Waals surface area contributed by atoms with E-state index in [2.05, 4.69) is 29.4 Å². The molecule has 0 saturated heterocycles. The number of nitrogen functional groups attached to an aromatic ring is 1. The van der Waals surface area contributed by atoms with Crippen molar-refractivity contribution >= 4 is 5.69 Å². The van der Waals surface area contributed by atoms with Crippen LogP contribution in [0.5, 0.6) is 0 Å². The number of nitrogens with zero attached hydrogens (tertiary/aromatic N) is 4. The van der Waals surface area contributed by atoms with E-state index in [0.717, 1.165) is 35.6 Å². The van der Waals surface area contributed by atoms with Crippen LogP contribution in [-0.2, 0) is 6.54 Å². The standard InChI is InChI=1S/C14H21N5/c1-10(2)6-5-9-19-14(16-17-18-19)12-8-4-7-11(3)13(12)15/h4,7-8,10H,5-6,9,15H2,1-3H3. The number of aromatic nitrogens is 4. The molecule has 0 amide bonds. The first-order valence-corrected chi connectivity index (χ1v) is 6.71. The van der Waals surface area contributed by atoms with E-state index >= 15 is 0 Å². The van der Waals surface area contributed by atoms with E-state index in [1.54, 1.807) is 0 Å². The summed E-state index contributed by atoms with van der Waals surface area (Å²) in [6.07, 6.45) is 2.24. The second-order valence-electron chi connectivity index (χ2n) is 5.30. The first kappa shape index (κ1) is 13.5. The molecule has 0 fully saturated rings. The molecular formula is C14H21N5. The van der Waals surface area contributed by atoms with Gasteiger partial charge in [-0.3, -0.25) is 0 Å². The van der Waals surface area contributed by atoms with Gasteiger partial charge in [0.05, 0.1) is 0 Å². The molecule has 5 heteroatoms. The van der Waals surface area contributed by atoms with Crippen molar-refractivity contribution in [2.24, 2.45) is 5.92 Å². The van der Waals surface area contributed by atoms with E-state index in [0.29, 0.717) is 5.92 Å². The van der Waals surface area contributed by atoms with Crippen LogP contribution in [0.3, 0.4) is 0 Å². The third kappa shape index (κ3) is 3.10. The molecule has 0 atom stereocenters. The van der Waals surface area contributed by atoms with E-state index in [1.807, 2.05) is 29.8 Å². The summed E-state index contributed by atoms with van der Waals surface area (Å²) in [6.45, 7) is 7.26. The zero-order valence-electron chi connectivity index (χ0n) is 11.8. The minimum Gasteiger partial charge on any atom is -0.398 e. The van der Waals surface area contributed by atoms with E-state index in [-0.39, 0.29) is 0 Å². The Balaban J connectivity index is 2.21. The summed E-state index contributed by atoms with van der Waals surface area (Å²) in [7, 11) is 0. The molecule has 2 rings (SSSR count). The molecule has 5 nitrogen and oxygen atoms in total. The normalized spacial score (nSPS) is 11.2. The lowest BCUT2D eigenvalue weighted by molar-refractivity contribution is 0.485. The average Bonchev–Trinajstić information content (AvgIpc) is 2.80. The van der Waals surface area contributed by atoms with Crippen LogP contribution in [0, 0.1) is 12.8 Å². The summed E-state index contributed by atoms with van der Waals surface area (Å²) in [4.78, 5) is 0. The molecule has 0 aliphatic heterocycles. The highest BCUT2D eigenvalue weighted by Gasteiger charge is 2.12. The molecule has 102 valence electrons. The van der Waals surface area contributed by atoms with E-state index in [4.69, 9.17) is 5.73 Å². The fraction of sp³-hybridized carbons (Fsp3) is 0.500. The van der Waals surface area contributed by atoms with Crippen LogP contribution in [0.15, 0.2) is 18.2 Å². The predicted octanol–water partition coefficient (Wildman–Crippen LogP) is 2.67. The van der Waals surface area contributed by atoms with Gasteiger partial charge >= 0.3 is 0 Å². The minimum atomic E-state index is 0.698. The summed E-state index contributed by atoms with van der Waals surface area (Å²) in [5.74, 6) is 1.45. The first-order valence-electron chi connectivity index (χ1n) is 6.71. The van der Waals surface area contributed by atoms with Crippen LogP contribution < -0.4 is 5.73 Å². The van der Waals surface area contributed by atoms with Crippen molar-refractivity contribution in [1.82, 2.24) is 20.2 Å². The van der Waals surface area contributed by atoms with E-state index < -0.39 is 0 Å². The number of tetrazole rings is 1. The molecule has 2 N–H and O–H groups in total. The van der Waals surface area contributed by atoms with Gasteiger partial charge in [-0.1, -0.05) is 26.0 Å². The lowest BCUT2D eigenvalue weighted by Crippen LogP contribution is -2.06. The fourth-order valence-electron chi connectivity index (χ4n) is 2.07. The maximum Gasteiger partial charge on any atom is 0.184 e. The molecule has 0 aliphatic carbocycles. The number of hydrogen-bond donors (Lipinski definition) is 1. The maximum absolute atomic E-state index is 6.11. The summed E-state index contributed by atoms with van der Waals surface area (Å²) >= 11 is 0. The smallest absolute Gasteiger partial charge is 0.184 e. The van der Waals surface area contributed by atoms with Crippen LogP contribution in [0.25, 0.3) is 11.4 Å². The molecule has 1 aromatic heterocycles. The van der Waals surface area contributed by atoms with Crippen LogP contribution in [0.4, 0.5) is 5.69 Å². The number of anilines is 1. The van der Waals surface area contributed by atoms with Crippen molar-refractivity contribution in [3.8, 4) is 11.4 Å². The molecule has 1 heterocycles. The molecule has 0 spiro atoms. The van der Waals surface area contributed by atoms with Gasteiger partial charge in [0.1, 0.15) is 0 Å². The lowest BCUT2D eigenvalue weighted by Gasteiger charge is -2.09. The molecule has 0 radical (unpaired) electrons. The summed E-state index contributed by atoms with van der Waals surface area (Å²) in [5.41, 5.74) is 8.82. The molecular weight excluding hydrogens is 238 g/mol. The third-order valence-corrected chi connectivity index (χ3v) is 3.25. The average molecular weight is 259 g/mol. The van der Waals surface area contributed by atoms with Gasteiger partial charge in [0, 0.05) is 17.8 Å². The van der Waals surface area contributed by atoms with Crippen molar-refractivity contribution in [3.05, 3.63) is 23.8 Å². The summed E-state index contributed by atoms with van der Waals surface area (Å²) in [6, 6.07) is 5.94. The second kappa shape index (κ2) is 5.82. The van der Waals surface area contributed by atoms with E-state index in [9.17, 15) is 0 Å². The maximum atomic E-state index is 6.11. The highest BCUT2D eigenvalue weighted by molar-refractivity contribution is 5.73. The number of rotatable bonds is 5. The van der Waals surface area contributed by atoms with Gasteiger partial charge in [-0.05, 0) is 47.7 Å². The SMILES string of the molecule is Cc1cccc(-c2nnnn2CCCC(C)C)c1N. The van der Waals surface area contributed by atoms with Crippen molar-refractivity contribution in [2.75, 3.05) is 5.73 Å². The predicted molar refractivity (Wildman–Crippen MR) is 76.5 cm³/mol. The fourth-order valence-corrected chi connectivity index (χ4v) is 2.07. The number of hydrogen-bond acceptors (Lipinski definition) is 4. The molecule has 2 aromatic rings. The molecule has 0 unspecified atom stereocenters. The van der Waals surface area contributed by atoms with Crippen molar-refractivity contribution in [1.29, 1.82) is 0 Å². The number of para-hydroxylation sites is 1. The summed E-state index contributed by atoms with van der Waals surface area (Å²) in [5, 5.41) is 11.9. The van der Waals surface area contributed by atoms with Gasteiger partial charge in [-0.25, -0.2) is 4.68 Å². The Labute approximate surface area is 113 Å². The Hall–Kier alpha value is -1.91. The van der Waals surface area contributed by atoms with E-state index in [1.165, 1.54) is 6.42 Å². The Bertz CT molecular complexity index is 545. The van der Waals surface area contributed by atoms with Crippen LogP contribution in [0.1, 0.15) is 32.3 Å². The topological polar surface area (TPSA) is 69.6 Å².